The lowest BCUT2D eigenvalue weighted by atomic mass is 10.1. The second-order valence-corrected chi connectivity index (χ2v) is 6.63. The van der Waals surface area contributed by atoms with Crippen molar-refractivity contribution in [2.24, 2.45) is 5.10 Å². The van der Waals surface area contributed by atoms with Gasteiger partial charge in [0.15, 0.2) is 16.7 Å². The molecular formula is C20H12F6N6. The molecule has 0 saturated carbocycles. The molecule has 0 fully saturated rings. The van der Waals surface area contributed by atoms with Crippen LogP contribution in [-0.4, -0.2) is 25.4 Å². The van der Waals surface area contributed by atoms with Crippen LogP contribution in [-0.2, 0) is 12.4 Å². The highest BCUT2D eigenvalue weighted by molar-refractivity contribution is 5.79. The Balaban J connectivity index is 1.63. The second-order valence-electron chi connectivity index (χ2n) is 6.63. The SMILES string of the molecule is N=c1c2ncn(-c3ccc(C(F)(F)F)cc3)c2ncn1/N=C\c1ccc(C(F)(F)F)cc1. The first-order chi connectivity index (χ1) is 15.0. The maximum absolute atomic E-state index is 12.8. The number of nitrogens with zero attached hydrogens (tertiary/aromatic N) is 5. The van der Waals surface area contributed by atoms with Gasteiger partial charge in [0, 0.05) is 5.69 Å². The Morgan fingerprint density at radius 2 is 1.34 bits per heavy atom. The maximum atomic E-state index is 12.8. The molecular weight excluding hydrogens is 438 g/mol. The van der Waals surface area contributed by atoms with Gasteiger partial charge in [-0.05, 0) is 42.0 Å². The van der Waals surface area contributed by atoms with E-state index in [1.54, 1.807) is 0 Å². The number of nitrogens with one attached hydrogen (secondary N) is 1. The van der Waals surface area contributed by atoms with Gasteiger partial charge < -0.3 is 0 Å². The van der Waals surface area contributed by atoms with Crippen LogP contribution in [0.2, 0.25) is 0 Å². The largest absolute Gasteiger partial charge is 0.416 e. The topological polar surface area (TPSA) is 71.8 Å². The van der Waals surface area contributed by atoms with Crippen LogP contribution < -0.4 is 5.49 Å². The lowest BCUT2D eigenvalue weighted by molar-refractivity contribution is -0.138. The molecule has 0 spiro atoms. The highest BCUT2D eigenvalue weighted by atomic mass is 19.4. The molecule has 2 aromatic heterocycles. The minimum absolute atomic E-state index is 0.136. The van der Waals surface area contributed by atoms with Crippen LogP contribution in [0.1, 0.15) is 16.7 Å². The number of hydrogen-bond acceptors (Lipinski definition) is 4. The number of imidazole rings is 1. The molecule has 0 unspecified atom stereocenters. The van der Waals surface area contributed by atoms with Gasteiger partial charge in [0.1, 0.15) is 12.7 Å². The van der Waals surface area contributed by atoms with Crippen LogP contribution in [0.4, 0.5) is 26.3 Å². The minimum Gasteiger partial charge on any atom is -0.283 e. The smallest absolute Gasteiger partial charge is 0.283 e. The van der Waals surface area contributed by atoms with E-state index in [1.165, 1.54) is 47.7 Å². The predicted molar refractivity (Wildman–Crippen MR) is 102 cm³/mol. The zero-order valence-corrected chi connectivity index (χ0v) is 15.9. The fraction of sp³-hybridized carbons (Fsp3) is 0.100. The number of hydrogen-bond donors (Lipinski definition) is 1. The van der Waals surface area contributed by atoms with Crippen molar-refractivity contribution >= 4 is 17.4 Å². The summed E-state index contributed by atoms with van der Waals surface area (Å²) in [6.45, 7) is 0. The number of alkyl halides is 6. The van der Waals surface area contributed by atoms with Gasteiger partial charge in [-0.1, -0.05) is 12.1 Å². The number of benzene rings is 2. The highest BCUT2D eigenvalue weighted by Gasteiger charge is 2.30. The van der Waals surface area contributed by atoms with E-state index < -0.39 is 23.5 Å². The first-order valence-corrected chi connectivity index (χ1v) is 8.92. The fourth-order valence-corrected chi connectivity index (χ4v) is 2.88. The molecule has 0 aliphatic heterocycles. The molecule has 0 aliphatic carbocycles. The van der Waals surface area contributed by atoms with Crippen LogP contribution in [0.25, 0.3) is 16.9 Å². The summed E-state index contributed by atoms with van der Waals surface area (Å²) in [6.07, 6.45) is -5.12. The van der Waals surface area contributed by atoms with Gasteiger partial charge in [-0.15, -0.1) is 0 Å². The standard InChI is InChI=1S/C20H12F6N6/c21-19(22,23)13-3-1-12(2-4-13)9-30-32-11-29-18-16(17(32)27)28-10-31(18)15-7-5-14(6-8-15)20(24,25)26/h1-11,27H/b27-17?,30-9-. The van der Waals surface area contributed by atoms with Crippen molar-refractivity contribution in [1.29, 1.82) is 5.41 Å². The van der Waals surface area contributed by atoms with Gasteiger partial charge in [-0.2, -0.15) is 31.4 Å². The van der Waals surface area contributed by atoms with E-state index in [2.05, 4.69) is 15.1 Å². The van der Waals surface area contributed by atoms with Crippen molar-refractivity contribution in [3.63, 3.8) is 0 Å². The molecule has 164 valence electrons. The third kappa shape index (κ3) is 4.11. The Morgan fingerprint density at radius 3 is 1.91 bits per heavy atom. The minimum atomic E-state index is -4.46. The quantitative estimate of drug-likeness (QED) is 0.366. The monoisotopic (exact) mass is 450 g/mol. The summed E-state index contributed by atoms with van der Waals surface area (Å²) in [5, 5.41) is 12.3. The van der Waals surface area contributed by atoms with Gasteiger partial charge in [0.25, 0.3) is 0 Å². The molecule has 4 aromatic rings. The van der Waals surface area contributed by atoms with Crippen molar-refractivity contribution in [1.82, 2.24) is 19.2 Å². The molecule has 2 aromatic carbocycles. The Hall–Kier alpha value is -3.96. The zero-order valence-electron chi connectivity index (χ0n) is 15.9. The number of rotatable bonds is 3. The fourth-order valence-electron chi connectivity index (χ4n) is 2.88. The average Bonchev–Trinajstić information content (AvgIpc) is 3.17. The lowest BCUT2D eigenvalue weighted by Crippen LogP contribution is -2.18. The molecule has 0 atom stereocenters. The molecule has 0 aliphatic rings. The zero-order chi connectivity index (χ0) is 23.1. The van der Waals surface area contributed by atoms with Gasteiger partial charge in [0.05, 0.1) is 17.3 Å². The molecule has 0 amide bonds. The maximum Gasteiger partial charge on any atom is 0.416 e. The summed E-state index contributed by atoms with van der Waals surface area (Å²) >= 11 is 0. The summed E-state index contributed by atoms with van der Waals surface area (Å²) in [6, 6.07) is 8.70. The Kier molecular flexibility index (Phi) is 5.07. The van der Waals surface area contributed by atoms with E-state index in [0.717, 1.165) is 28.9 Å². The molecule has 32 heavy (non-hydrogen) atoms. The van der Waals surface area contributed by atoms with Crippen molar-refractivity contribution in [3.8, 4) is 5.69 Å². The van der Waals surface area contributed by atoms with E-state index in [-0.39, 0.29) is 16.7 Å². The lowest BCUT2D eigenvalue weighted by Gasteiger charge is -2.08. The van der Waals surface area contributed by atoms with Gasteiger partial charge in [-0.3, -0.25) is 9.98 Å². The van der Waals surface area contributed by atoms with E-state index in [1.807, 2.05) is 0 Å². The van der Waals surface area contributed by atoms with Gasteiger partial charge >= 0.3 is 12.4 Å². The van der Waals surface area contributed by atoms with E-state index in [9.17, 15) is 26.3 Å². The van der Waals surface area contributed by atoms with E-state index in [4.69, 9.17) is 5.41 Å². The summed E-state index contributed by atoms with van der Waals surface area (Å²) in [7, 11) is 0. The Labute approximate surface area is 175 Å². The summed E-state index contributed by atoms with van der Waals surface area (Å²) in [4.78, 5) is 8.26. The number of halogens is 6. The third-order valence-electron chi connectivity index (χ3n) is 4.53. The van der Waals surface area contributed by atoms with Crippen molar-refractivity contribution in [2.75, 3.05) is 0 Å². The van der Waals surface area contributed by atoms with Crippen molar-refractivity contribution in [2.45, 2.75) is 12.4 Å². The first-order valence-electron chi connectivity index (χ1n) is 8.92. The molecule has 4 rings (SSSR count). The molecule has 1 N–H and O–H groups in total. The molecule has 6 nitrogen and oxygen atoms in total. The normalized spacial score (nSPS) is 12.7. The molecule has 12 heteroatoms. The van der Waals surface area contributed by atoms with Crippen molar-refractivity contribution in [3.05, 3.63) is 83.4 Å². The van der Waals surface area contributed by atoms with Gasteiger partial charge in [0.2, 0.25) is 0 Å². The second kappa shape index (κ2) is 7.62. The van der Waals surface area contributed by atoms with Crippen LogP contribution in [0.5, 0.6) is 0 Å². The molecule has 0 radical (unpaired) electrons. The van der Waals surface area contributed by atoms with Crippen LogP contribution in [0, 0.1) is 5.41 Å². The summed E-state index contributed by atoms with van der Waals surface area (Å²) < 4.78 is 78.7. The third-order valence-corrected chi connectivity index (χ3v) is 4.53. The average molecular weight is 450 g/mol. The van der Waals surface area contributed by atoms with Crippen LogP contribution in [0.3, 0.4) is 0 Å². The predicted octanol–water partition coefficient (Wildman–Crippen LogP) is 4.62. The van der Waals surface area contributed by atoms with E-state index in [0.29, 0.717) is 11.3 Å². The van der Waals surface area contributed by atoms with Crippen molar-refractivity contribution < 1.29 is 26.3 Å². The van der Waals surface area contributed by atoms with Gasteiger partial charge in [-0.25, -0.2) is 14.6 Å². The first kappa shape index (κ1) is 21.3. The number of aromatic nitrogens is 4. The van der Waals surface area contributed by atoms with Crippen LogP contribution >= 0.6 is 0 Å². The highest BCUT2D eigenvalue weighted by Crippen LogP contribution is 2.30. The summed E-state index contributed by atoms with van der Waals surface area (Å²) in [5.41, 5.74) is -0.633. The van der Waals surface area contributed by atoms with Crippen LogP contribution in [0.15, 0.2) is 66.3 Å². The Morgan fingerprint density at radius 1 is 0.781 bits per heavy atom. The molecule has 0 saturated heterocycles. The molecule has 2 heterocycles. The van der Waals surface area contributed by atoms with E-state index >= 15 is 0 Å². The molecule has 0 bridgehead atoms. The number of fused-ring (bicyclic) bond motifs is 1. The Bertz CT molecular complexity index is 1350. The summed E-state index contributed by atoms with van der Waals surface area (Å²) in [5.74, 6) is 0.